The van der Waals surface area contributed by atoms with Gasteiger partial charge >= 0.3 is 0 Å². The van der Waals surface area contributed by atoms with E-state index in [1.807, 2.05) is 13.8 Å². The highest BCUT2D eigenvalue weighted by molar-refractivity contribution is 4.89. The minimum Gasteiger partial charge on any atom is -0.330 e. The van der Waals surface area contributed by atoms with Crippen LogP contribution in [0, 0.1) is 6.57 Å². The van der Waals surface area contributed by atoms with E-state index in [1.165, 1.54) is 0 Å². The van der Waals surface area contributed by atoms with Gasteiger partial charge in [-0.3, -0.25) is 0 Å². The van der Waals surface area contributed by atoms with Gasteiger partial charge in [0.2, 0.25) is 5.54 Å². The first-order valence-corrected chi connectivity index (χ1v) is 2.71. The Kier molecular flexibility index (Phi) is 2.50. The molecule has 0 saturated heterocycles. The zero-order chi connectivity index (χ0) is 6.62. The second kappa shape index (κ2) is 2.68. The molecule has 0 aromatic carbocycles. The van der Waals surface area contributed by atoms with Crippen molar-refractivity contribution in [2.24, 2.45) is 5.73 Å². The molecule has 0 aliphatic carbocycles. The van der Waals surface area contributed by atoms with E-state index in [2.05, 4.69) is 4.85 Å². The lowest BCUT2D eigenvalue weighted by Gasteiger charge is -2.07. The summed E-state index contributed by atoms with van der Waals surface area (Å²) in [5, 5.41) is 0. The molecule has 0 unspecified atom stereocenters. The Labute approximate surface area is 50.5 Å². The van der Waals surface area contributed by atoms with Crippen molar-refractivity contribution in [3.63, 3.8) is 0 Å². The van der Waals surface area contributed by atoms with Crippen LogP contribution in [0.4, 0.5) is 0 Å². The highest BCUT2D eigenvalue weighted by Crippen LogP contribution is 2.11. The predicted molar refractivity (Wildman–Crippen MR) is 34.4 cm³/mol. The van der Waals surface area contributed by atoms with Crippen LogP contribution in [0.1, 0.15) is 20.3 Å². The van der Waals surface area contributed by atoms with Crippen LogP contribution in [0.3, 0.4) is 0 Å². The van der Waals surface area contributed by atoms with Crippen LogP contribution in [0.2, 0.25) is 0 Å². The molecule has 0 fully saturated rings. The lowest BCUT2D eigenvalue weighted by Crippen LogP contribution is -2.18. The van der Waals surface area contributed by atoms with Crippen LogP contribution < -0.4 is 5.73 Å². The third-order valence-electron chi connectivity index (χ3n) is 1.06. The summed E-state index contributed by atoms with van der Waals surface area (Å²) in [6.45, 7) is 11.1. The first-order chi connectivity index (χ1) is 3.62. The van der Waals surface area contributed by atoms with Gasteiger partial charge in [0.1, 0.15) is 0 Å². The molecule has 0 aliphatic rings. The standard InChI is InChI=1S/C6H12N2/c1-6(2,8-3)4-5-7/h4-5,7H2,1-2H3. The van der Waals surface area contributed by atoms with E-state index in [4.69, 9.17) is 12.3 Å². The predicted octanol–water partition coefficient (Wildman–Crippen LogP) is 1.03. The minimum absolute atomic E-state index is 0.241. The summed E-state index contributed by atoms with van der Waals surface area (Å²) < 4.78 is 0. The van der Waals surface area contributed by atoms with Gasteiger partial charge in [-0.25, -0.2) is 6.57 Å². The summed E-state index contributed by atoms with van der Waals surface area (Å²) in [6, 6.07) is 0. The van der Waals surface area contributed by atoms with Crippen molar-refractivity contribution in [1.29, 1.82) is 0 Å². The van der Waals surface area contributed by atoms with Crippen molar-refractivity contribution >= 4 is 0 Å². The summed E-state index contributed by atoms with van der Waals surface area (Å²) in [5.41, 5.74) is 5.01. The Morgan fingerprint density at radius 2 is 2.12 bits per heavy atom. The van der Waals surface area contributed by atoms with Gasteiger partial charge in [0.25, 0.3) is 0 Å². The van der Waals surface area contributed by atoms with Crippen LogP contribution in [0.5, 0.6) is 0 Å². The second-order valence-electron chi connectivity index (χ2n) is 2.46. The maximum absolute atomic E-state index is 6.68. The van der Waals surface area contributed by atoms with E-state index >= 15 is 0 Å². The molecular formula is C6H12N2. The number of nitrogens with two attached hydrogens (primary N) is 1. The van der Waals surface area contributed by atoms with Gasteiger partial charge in [-0.1, -0.05) is 0 Å². The molecule has 0 heterocycles. The minimum atomic E-state index is -0.241. The maximum Gasteiger partial charge on any atom is 0.228 e. The van der Waals surface area contributed by atoms with E-state index in [-0.39, 0.29) is 5.54 Å². The molecule has 0 aromatic heterocycles. The third kappa shape index (κ3) is 2.59. The Morgan fingerprint density at radius 1 is 1.62 bits per heavy atom. The average Bonchev–Trinajstić information content (AvgIpc) is 1.67. The number of nitrogens with zero attached hydrogens (tertiary/aromatic N) is 1. The Bertz CT molecular complexity index is 99.6. The van der Waals surface area contributed by atoms with Gasteiger partial charge in [0.15, 0.2) is 0 Å². The molecule has 0 radical (unpaired) electrons. The van der Waals surface area contributed by atoms with Gasteiger partial charge in [0, 0.05) is 20.3 Å². The monoisotopic (exact) mass is 112 g/mol. The molecule has 0 saturated carbocycles. The Hall–Kier alpha value is -0.550. The molecule has 8 heavy (non-hydrogen) atoms. The summed E-state index contributed by atoms with van der Waals surface area (Å²) in [6.07, 6.45) is 0.788. The van der Waals surface area contributed by atoms with Gasteiger partial charge in [0.05, 0.1) is 0 Å². The summed E-state index contributed by atoms with van der Waals surface area (Å²) in [7, 11) is 0. The zero-order valence-corrected chi connectivity index (χ0v) is 5.44. The van der Waals surface area contributed by atoms with Crippen molar-refractivity contribution in [3.8, 4) is 0 Å². The Balaban J connectivity index is 3.59. The van der Waals surface area contributed by atoms with Gasteiger partial charge in [-0.15, -0.1) is 0 Å². The van der Waals surface area contributed by atoms with E-state index in [0.717, 1.165) is 6.42 Å². The largest absolute Gasteiger partial charge is 0.330 e. The molecule has 2 N–H and O–H groups in total. The summed E-state index contributed by atoms with van der Waals surface area (Å²) in [5.74, 6) is 0. The lowest BCUT2D eigenvalue weighted by molar-refractivity contribution is 0.565. The zero-order valence-electron chi connectivity index (χ0n) is 5.44. The fourth-order valence-electron chi connectivity index (χ4n) is 0.409. The maximum atomic E-state index is 6.68. The van der Waals surface area contributed by atoms with Crippen LogP contribution in [-0.4, -0.2) is 12.1 Å². The van der Waals surface area contributed by atoms with E-state index in [0.29, 0.717) is 6.54 Å². The fourth-order valence-corrected chi connectivity index (χ4v) is 0.409. The molecule has 46 valence electrons. The van der Waals surface area contributed by atoms with Gasteiger partial charge in [-0.2, -0.15) is 0 Å². The summed E-state index contributed by atoms with van der Waals surface area (Å²) in [4.78, 5) is 3.38. The highest BCUT2D eigenvalue weighted by Gasteiger charge is 2.20. The van der Waals surface area contributed by atoms with Crippen LogP contribution in [-0.2, 0) is 0 Å². The highest BCUT2D eigenvalue weighted by atomic mass is 14.8. The summed E-state index contributed by atoms with van der Waals surface area (Å²) >= 11 is 0. The average molecular weight is 112 g/mol. The van der Waals surface area contributed by atoms with Gasteiger partial charge in [-0.05, 0) is 6.54 Å². The van der Waals surface area contributed by atoms with Crippen molar-refractivity contribution in [3.05, 3.63) is 11.4 Å². The number of rotatable bonds is 2. The molecule has 2 heteroatoms. The molecule has 0 amide bonds. The smallest absolute Gasteiger partial charge is 0.228 e. The molecule has 0 aliphatic heterocycles. The SMILES string of the molecule is [C-]#[N+]C(C)(C)CCN. The third-order valence-corrected chi connectivity index (χ3v) is 1.06. The number of hydrogen-bond donors (Lipinski definition) is 1. The van der Waals surface area contributed by atoms with Crippen LogP contribution >= 0.6 is 0 Å². The molecule has 0 atom stereocenters. The van der Waals surface area contributed by atoms with Crippen molar-refractivity contribution < 1.29 is 0 Å². The normalized spacial score (nSPS) is 10.8. The second-order valence-corrected chi connectivity index (χ2v) is 2.46. The van der Waals surface area contributed by atoms with E-state index in [9.17, 15) is 0 Å². The van der Waals surface area contributed by atoms with E-state index in [1.54, 1.807) is 0 Å². The van der Waals surface area contributed by atoms with Crippen molar-refractivity contribution in [2.75, 3.05) is 6.54 Å². The molecule has 2 nitrogen and oxygen atoms in total. The Morgan fingerprint density at radius 3 is 2.25 bits per heavy atom. The van der Waals surface area contributed by atoms with Crippen molar-refractivity contribution in [1.82, 2.24) is 0 Å². The first kappa shape index (κ1) is 7.45. The van der Waals surface area contributed by atoms with Crippen LogP contribution in [0.15, 0.2) is 0 Å². The molecule has 0 rings (SSSR count). The van der Waals surface area contributed by atoms with Gasteiger partial charge < -0.3 is 10.6 Å². The topological polar surface area (TPSA) is 30.4 Å². The first-order valence-electron chi connectivity index (χ1n) is 2.71. The molecule has 0 aromatic rings. The van der Waals surface area contributed by atoms with Crippen molar-refractivity contribution in [2.45, 2.75) is 25.8 Å². The quantitative estimate of drug-likeness (QED) is 0.531. The number of hydrogen-bond acceptors (Lipinski definition) is 1. The molecule has 0 spiro atoms. The van der Waals surface area contributed by atoms with Crippen LogP contribution in [0.25, 0.3) is 4.85 Å². The molecule has 0 bridgehead atoms. The lowest BCUT2D eigenvalue weighted by atomic mass is 10.0. The molecular weight excluding hydrogens is 100 g/mol. The van der Waals surface area contributed by atoms with E-state index < -0.39 is 0 Å². The fraction of sp³-hybridized carbons (Fsp3) is 0.833.